The molecule has 0 aliphatic carbocycles. The third-order valence-corrected chi connectivity index (χ3v) is 6.80. The van der Waals surface area contributed by atoms with Gasteiger partial charge in [-0.2, -0.15) is 4.31 Å². The summed E-state index contributed by atoms with van der Waals surface area (Å²) in [7, 11) is -3.88. The Bertz CT molecular complexity index is 888. The van der Waals surface area contributed by atoms with Gasteiger partial charge >= 0.3 is 0 Å². The van der Waals surface area contributed by atoms with Crippen LogP contribution in [0, 0.1) is 0 Å². The molecule has 0 radical (unpaired) electrons. The molecule has 1 atom stereocenters. The van der Waals surface area contributed by atoms with Gasteiger partial charge in [0, 0.05) is 22.1 Å². The van der Waals surface area contributed by atoms with Crippen molar-refractivity contribution in [3.05, 3.63) is 63.6 Å². The molecule has 1 N–H and O–H groups in total. The van der Waals surface area contributed by atoms with E-state index in [1.54, 1.807) is 36.4 Å². The largest absolute Gasteiger partial charge is 0.353 e. The highest BCUT2D eigenvalue weighted by Gasteiger charge is 2.27. The van der Waals surface area contributed by atoms with E-state index in [-0.39, 0.29) is 29.9 Å². The predicted octanol–water partition coefficient (Wildman–Crippen LogP) is 4.21. The molecule has 0 bridgehead atoms. The Balaban J connectivity index is 2.34. The fraction of sp³-hybridized carbons (Fsp3) is 0.316. The molecule has 0 fully saturated rings. The van der Waals surface area contributed by atoms with Crippen LogP contribution in [0.25, 0.3) is 0 Å². The van der Waals surface area contributed by atoms with Gasteiger partial charge in [-0.05, 0) is 49.2 Å². The smallest absolute Gasteiger partial charge is 0.243 e. The molecule has 1 amide bonds. The molecule has 5 nitrogen and oxygen atoms in total. The van der Waals surface area contributed by atoms with Gasteiger partial charge in [0.15, 0.2) is 0 Å². The molecule has 2 aromatic rings. The number of amides is 1. The summed E-state index contributed by atoms with van der Waals surface area (Å²) in [6.45, 7) is 3.55. The van der Waals surface area contributed by atoms with Crippen LogP contribution >= 0.6 is 27.5 Å². The number of rotatable bonds is 8. The van der Waals surface area contributed by atoms with E-state index in [9.17, 15) is 13.2 Å². The van der Waals surface area contributed by atoms with Crippen molar-refractivity contribution in [2.24, 2.45) is 0 Å². The summed E-state index contributed by atoms with van der Waals surface area (Å²) in [6.07, 6.45) is 0.760. The predicted molar refractivity (Wildman–Crippen MR) is 111 cm³/mol. The van der Waals surface area contributed by atoms with Crippen LogP contribution in [0.15, 0.2) is 57.9 Å². The van der Waals surface area contributed by atoms with Gasteiger partial charge in [-0.1, -0.05) is 52.7 Å². The number of carbonyl (C=O) groups excluding carboxylic acids is 1. The van der Waals surface area contributed by atoms with Gasteiger partial charge in [-0.3, -0.25) is 4.79 Å². The highest BCUT2D eigenvalue weighted by molar-refractivity contribution is 9.10. The number of hydrogen-bond acceptors (Lipinski definition) is 3. The maximum Gasteiger partial charge on any atom is 0.243 e. The van der Waals surface area contributed by atoms with Gasteiger partial charge in [0.1, 0.15) is 0 Å². The fourth-order valence-corrected chi connectivity index (χ4v) is 4.22. The van der Waals surface area contributed by atoms with Gasteiger partial charge in [-0.15, -0.1) is 0 Å². The van der Waals surface area contributed by atoms with Gasteiger partial charge < -0.3 is 5.32 Å². The van der Waals surface area contributed by atoms with Crippen molar-refractivity contribution in [2.45, 2.75) is 37.8 Å². The van der Waals surface area contributed by atoms with E-state index >= 15 is 0 Å². The number of nitrogens with zero attached hydrogens (tertiary/aromatic N) is 1. The first kappa shape index (κ1) is 21.9. The maximum absolute atomic E-state index is 13.1. The Morgan fingerprint density at radius 3 is 2.41 bits per heavy atom. The van der Waals surface area contributed by atoms with Crippen LogP contribution in [-0.2, 0) is 21.4 Å². The molecule has 0 saturated carbocycles. The third-order valence-electron chi connectivity index (χ3n) is 4.10. The van der Waals surface area contributed by atoms with Gasteiger partial charge in [-0.25, -0.2) is 8.42 Å². The molecular weight excluding hydrogens is 452 g/mol. The monoisotopic (exact) mass is 472 g/mol. The molecule has 0 heterocycles. The second-order valence-corrected chi connectivity index (χ2v) is 9.46. The quantitative estimate of drug-likeness (QED) is 0.624. The van der Waals surface area contributed by atoms with Crippen LogP contribution < -0.4 is 5.32 Å². The Kier molecular flexibility index (Phi) is 7.85. The Labute approximate surface area is 173 Å². The Morgan fingerprint density at radius 2 is 1.81 bits per heavy atom. The summed E-state index contributed by atoms with van der Waals surface area (Å²) in [6, 6.07) is 13.3. The molecule has 0 unspecified atom stereocenters. The van der Waals surface area contributed by atoms with Crippen molar-refractivity contribution in [3.8, 4) is 0 Å². The van der Waals surface area contributed by atoms with E-state index in [1.165, 1.54) is 12.1 Å². The molecule has 27 heavy (non-hydrogen) atoms. The zero-order valence-corrected chi connectivity index (χ0v) is 18.3. The van der Waals surface area contributed by atoms with Crippen LogP contribution in [0.2, 0.25) is 5.02 Å². The summed E-state index contributed by atoms with van der Waals surface area (Å²) < 4.78 is 28.2. The van der Waals surface area contributed by atoms with E-state index in [2.05, 4.69) is 21.2 Å². The van der Waals surface area contributed by atoms with E-state index in [1.807, 2.05) is 13.8 Å². The number of halogens is 2. The second kappa shape index (κ2) is 9.68. The first-order valence-corrected chi connectivity index (χ1v) is 11.1. The molecule has 0 aromatic heterocycles. The molecule has 0 saturated heterocycles. The summed E-state index contributed by atoms with van der Waals surface area (Å²) in [4.78, 5) is 12.5. The normalized spacial score (nSPS) is 12.8. The molecule has 2 rings (SSSR count). The van der Waals surface area contributed by atoms with Crippen LogP contribution in [0.5, 0.6) is 0 Å². The molecule has 2 aromatic carbocycles. The number of sulfonamides is 1. The molecular formula is C19H22BrClN2O3S. The van der Waals surface area contributed by atoms with Crippen molar-refractivity contribution < 1.29 is 13.2 Å². The fourth-order valence-electron chi connectivity index (χ4n) is 2.38. The number of nitrogens with one attached hydrogen (secondary N) is 1. The molecule has 0 spiro atoms. The van der Waals surface area contributed by atoms with E-state index in [4.69, 9.17) is 11.6 Å². The number of hydrogen-bond donors (Lipinski definition) is 1. The van der Waals surface area contributed by atoms with E-state index in [0.29, 0.717) is 10.6 Å². The summed E-state index contributed by atoms with van der Waals surface area (Å²) >= 11 is 9.50. The lowest BCUT2D eigenvalue weighted by Crippen LogP contribution is -2.43. The number of benzene rings is 2. The van der Waals surface area contributed by atoms with Crippen molar-refractivity contribution in [1.82, 2.24) is 9.62 Å². The Morgan fingerprint density at radius 1 is 1.19 bits per heavy atom. The Hall–Kier alpha value is -1.41. The first-order valence-electron chi connectivity index (χ1n) is 8.52. The lowest BCUT2D eigenvalue weighted by molar-refractivity contribution is -0.122. The highest BCUT2D eigenvalue weighted by Crippen LogP contribution is 2.23. The first-order chi connectivity index (χ1) is 12.7. The highest BCUT2D eigenvalue weighted by atomic mass is 79.9. The van der Waals surface area contributed by atoms with Crippen molar-refractivity contribution in [3.63, 3.8) is 0 Å². The second-order valence-electron chi connectivity index (χ2n) is 6.20. The van der Waals surface area contributed by atoms with E-state index < -0.39 is 10.0 Å². The van der Waals surface area contributed by atoms with Crippen molar-refractivity contribution >= 4 is 43.5 Å². The number of carbonyl (C=O) groups is 1. The summed E-state index contributed by atoms with van der Waals surface area (Å²) in [5, 5.41) is 3.26. The van der Waals surface area contributed by atoms with Crippen molar-refractivity contribution in [1.29, 1.82) is 0 Å². The average molecular weight is 474 g/mol. The lowest BCUT2D eigenvalue weighted by Gasteiger charge is -2.23. The standard InChI is InChI=1S/C19H22BrClN2O3S/c1-3-14(2)22-19(24)13-23(12-15-6-4-5-7-18(15)21)27(25,26)17-10-8-16(20)9-11-17/h4-11,14H,3,12-13H2,1-2H3,(H,22,24)/t14-/m0/s1. The molecule has 0 aliphatic rings. The summed E-state index contributed by atoms with van der Waals surface area (Å²) in [5.74, 6) is -0.350. The average Bonchev–Trinajstić information content (AvgIpc) is 2.63. The lowest BCUT2D eigenvalue weighted by atomic mass is 10.2. The minimum atomic E-state index is -3.88. The van der Waals surface area contributed by atoms with Crippen molar-refractivity contribution in [2.75, 3.05) is 6.54 Å². The molecule has 0 aliphatic heterocycles. The van der Waals surface area contributed by atoms with Gasteiger partial charge in [0.2, 0.25) is 15.9 Å². The topological polar surface area (TPSA) is 66.5 Å². The SMILES string of the molecule is CC[C@H](C)NC(=O)CN(Cc1ccccc1Cl)S(=O)(=O)c1ccc(Br)cc1. The minimum Gasteiger partial charge on any atom is -0.353 e. The van der Waals surface area contributed by atoms with Gasteiger partial charge in [0.25, 0.3) is 0 Å². The third kappa shape index (κ3) is 6.04. The van der Waals surface area contributed by atoms with Crippen LogP contribution in [0.4, 0.5) is 0 Å². The molecule has 146 valence electrons. The zero-order chi connectivity index (χ0) is 20.0. The van der Waals surface area contributed by atoms with Crippen LogP contribution in [0.1, 0.15) is 25.8 Å². The van der Waals surface area contributed by atoms with Gasteiger partial charge in [0.05, 0.1) is 11.4 Å². The minimum absolute atomic E-state index is 0.00595. The maximum atomic E-state index is 13.1. The molecule has 8 heteroatoms. The summed E-state index contributed by atoms with van der Waals surface area (Å²) in [5.41, 5.74) is 0.635. The van der Waals surface area contributed by atoms with E-state index in [0.717, 1.165) is 15.2 Å². The zero-order valence-electron chi connectivity index (χ0n) is 15.2. The van der Waals surface area contributed by atoms with Crippen LogP contribution in [-0.4, -0.2) is 31.2 Å². The van der Waals surface area contributed by atoms with Crippen LogP contribution in [0.3, 0.4) is 0 Å².